The van der Waals surface area contributed by atoms with Crippen LogP contribution >= 0.6 is 0 Å². The Morgan fingerprint density at radius 2 is 1.75 bits per heavy atom. The number of hydrogen-bond donors (Lipinski definition) is 2. The van der Waals surface area contributed by atoms with Crippen LogP contribution in [0.15, 0.2) is 48.5 Å². The van der Waals surface area contributed by atoms with Crippen molar-refractivity contribution in [2.45, 2.75) is 12.0 Å². The summed E-state index contributed by atoms with van der Waals surface area (Å²) in [6.45, 7) is 0.447. The third-order valence-corrected chi connectivity index (χ3v) is 3.54. The molecule has 0 aliphatic carbocycles. The lowest BCUT2D eigenvalue weighted by atomic mass is 9.86. The summed E-state index contributed by atoms with van der Waals surface area (Å²) in [5.74, 6) is 1.28. The van der Waals surface area contributed by atoms with Crippen LogP contribution in [0.5, 0.6) is 11.5 Å². The van der Waals surface area contributed by atoms with E-state index in [0.717, 1.165) is 16.9 Å². The molecule has 3 N–H and O–H groups in total. The van der Waals surface area contributed by atoms with Gasteiger partial charge in [0, 0.05) is 12.5 Å². The predicted molar refractivity (Wildman–Crippen MR) is 75.9 cm³/mol. The maximum Gasteiger partial charge on any atom is 0.231 e. The van der Waals surface area contributed by atoms with E-state index in [0.29, 0.717) is 5.75 Å². The van der Waals surface area contributed by atoms with Gasteiger partial charge in [-0.05, 0) is 23.3 Å². The fourth-order valence-corrected chi connectivity index (χ4v) is 2.54. The Labute approximate surface area is 117 Å². The van der Waals surface area contributed by atoms with E-state index in [9.17, 15) is 5.11 Å². The van der Waals surface area contributed by atoms with Crippen molar-refractivity contribution in [3.05, 3.63) is 59.7 Å². The second-order valence-electron chi connectivity index (χ2n) is 4.80. The van der Waals surface area contributed by atoms with Crippen molar-refractivity contribution in [2.75, 3.05) is 13.3 Å². The maximum atomic E-state index is 10.3. The van der Waals surface area contributed by atoms with Gasteiger partial charge in [-0.15, -0.1) is 0 Å². The molecule has 0 saturated carbocycles. The number of fused-ring (bicyclic) bond motifs is 1. The highest BCUT2D eigenvalue weighted by atomic mass is 16.7. The lowest BCUT2D eigenvalue weighted by molar-refractivity contribution is 0.164. The van der Waals surface area contributed by atoms with Crippen LogP contribution in [0.2, 0.25) is 0 Å². The second kappa shape index (κ2) is 5.53. The molecule has 1 aliphatic rings. The van der Waals surface area contributed by atoms with E-state index in [2.05, 4.69) is 0 Å². The molecule has 0 bridgehead atoms. The van der Waals surface area contributed by atoms with Gasteiger partial charge in [0.2, 0.25) is 6.79 Å². The highest BCUT2D eigenvalue weighted by Crippen LogP contribution is 2.37. The molecule has 1 heterocycles. The van der Waals surface area contributed by atoms with E-state index >= 15 is 0 Å². The zero-order chi connectivity index (χ0) is 13.9. The van der Waals surface area contributed by atoms with Gasteiger partial charge in [0.05, 0.1) is 6.10 Å². The minimum absolute atomic E-state index is 0.171. The first-order valence-corrected chi connectivity index (χ1v) is 6.62. The first-order chi connectivity index (χ1) is 9.79. The molecule has 4 heteroatoms. The van der Waals surface area contributed by atoms with E-state index in [4.69, 9.17) is 15.2 Å². The van der Waals surface area contributed by atoms with Crippen molar-refractivity contribution in [3.63, 3.8) is 0 Å². The Morgan fingerprint density at radius 1 is 1.00 bits per heavy atom. The topological polar surface area (TPSA) is 64.7 Å². The molecular weight excluding hydrogens is 254 g/mol. The normalized spacial score (nSPS) is 15.9. The van der Waals surface area contributed by atoms with Crippen LogP contribution in [-0.4, -0.2) is 24.5 Å². The molecule has 0 aromatic heterocycles. The number of nitrogens with two attached hydrogens (primary N) is 1. The minimum atomic E-state index is -0.641. The van der Waals surface area contributed by atoms with Crippen LogP contribution in [0.3, 0.4) is 0 Å². The smallest absolute Gasteiger partial charge is 0.231 e. The second-order valence-corrected chi connectivity index (χ2v) is 4.80. The summed E-state index contributed by atoms with van der Waals surface area (Å²) in [5.41, 5.74) is 7.66. The quantitative estimate of drug-likeness (QED) is 0.891. The lowest BCUT2D eigenvalue weighted by Crippen LogP contribution is -2.28. The molecule has 0 spiro atoms. The van der Waals surface area contributed by atoms with Crippen LogP contribution in [0, 0.1) is 0 Å². The summed E-state index contributed by atoms with van der Waals surface area (Å²) in [6.07, 6.45) is -0.641. The molecule has 2 aromatic rings. The van der Waals surface area contributed by atoms with Crippen molar-refractivity contribution >= 4 is 0 Å². The third-order valence-electron chi connectivity index (χ3n) is 3.54. The van der Waals surface area contributed by atoms with E-state index < -0.39 is 6.10 Å². The average Bonchev–Trinajstić information content (AvgIpc) is 2.96. The molecule has 2 unspecified atom stereocenters. The van der Waals surface area contributed by atoms with Gasteiger partial charge >= 0.3 is 0 Å². The Hall–Kier alpha value is -2.04. The molecule has 3 rings (SSSR count). The number of ether oxygens (including phenoxy) is 2. The van der Waals surface area contributed by atoms with Crippen molar-refractivity contribution in [1.29, 1.82) is 0 Å². The summed E-state index contributed by atoms with van der Waals surface area (Å²) in [7, 11) is 0. The minimum Gasteiger partial charge on any atom is -0.454 e. The van der Waals surface area contributed by atoms with Crippen LogP contribution in [0.4, 0.5) is 0 Å². The summed E-state index contributed by atoms with van der Waals surface area (Å²) >= 11 is 0. The molecule has 2 atom stereocenters. The van der Waals surface area contributed by atoms with E-state index in [-0.39, 0.29) is 19.3 Å². The summed E-state index contributed by atoms with van der Waals surface area (Å²) in [6, 6.07) is 15.6. The fourth-order valence-electron chi connectivity index (χ4n) is 2.54. The van der Waals surface area contributed by atoms with Crippen LogP contribution in [0.25, 0.3) is 0 Å². The van der Waals surface area contributed by atoms with Crippen LogP contribution < -0.4 is 15.2 Å². The standard InChI is InChI=1S/C16H17NO3/c17-9-13(18)16(11-4-2-1-3-5-11)12-6-7-14-15(8-12)20-10-19-14/h1-8,13,16,18H,9-10,17H2. The van der Waals surface area contributed by atoms with Crippen molar-refractivity contribution in [1.82, 2.24) is 0 Å². The van der Waals surface area contributed by atoms with Gasteiger partial charge in [0.15, 0.2) is 11.5 Å². The third kappa shape index (κ3) is 2.35. The molecule has 104 valence electrons. The van der Waals surface area contributed by atoms with E-state index in [1.165, 1.54) is 0 Å². The lowest BCUT2D eigenvalue weighted by Gasteiger charge is -2.23. The summed E-state index contributed by atoms with van der Waals surface area (Å²) in [4.78, 5) is 0. The van der Waals surface area contributed by atoms with Gasteiger partial charge in [-0.1, -0.05) is 36.4 Å². The SMILES string of the molecule is NCC(O)C(c1ccccc1)c1ccc2c(c1)OCO2. The number of aliphatic hydroxyl groups is 1. The average molecular weight is 271 g/mol. The Balaban J connectivity index is 2.01. The molecular formula is C16H17NO3. The maximum absolute atomic E-state index is 10.3. The van der Waals surface area contributed by atoms with Gasteiger partial charge in [0.25, 0.3) is 0 Å². The Bertz CT molecular complexity index is 586. The van der Waals surface area contributed by atoms with Gasteiger partial charge in [-0.3, -0.25) is 0 Å². The van der Waals surface area contributed by atoms with Crippen molar-refractivity contribution < 1.29 is 14.6 Å². The van der Waals surface area contributed by atoms with Crippen molar-refractivity contribution in [2.24, 2.45) is 5.73 Å². The predicted octanol–water partition coefficient (Wildman–Crippen LogP) is 1.87. The highest BCUT2D eigenvalue weighted by molar-refractivity contribution is 5.47. The van der Waals surface area contributed by atoms with Gasteiger partial charge in [-0.25, -0.2) is 0 Å². The van der Waals surface area contributed by atoms with Gasteiger partial charge in [-0.2, -0.15) is 0 Å². The number of hydrogen-bond acceptors (Lipinski definition) is 4. The monoisotopic (exact) mass is 271 g/mol. The molecule has 0 saturated heterocycles. The number of rotatable bonds is 4. The Kier molecular flexibility index (Phi) is 3.58. The zero-order valence-corrected chi connectivity index (χ0v) is 11.0. The first-order valence-electron chi connectivity index (χ1n) is 6.62. The molecule has 20 heavy (non-hydrogen) atoms. The number of aliphatic hydroxyl groups excluding tert-OH is 1. The number of benzene rings is 2. The highest BCUT2D eigenvalue weighted by Gasteiger charge is 2.24. The zero-order valence-electron chi connectivity index (χ0n) is 11.0. The molecule has 4 nitrogen and oxygen atoms in total. The van der Waals surface area contributed by atoms with E-state index in [1.54, 1.807) is 0 Å². The largest absolute Gasteiger partial charge is 0.454 e. The van der Waals surface area contributed by atoms with Crippen LogP contribution in [0.1, 0.15) is 17.0 Å². The van der Waals surface area contributed by atoms with E-state index in [1.807, 2.05) is 48.5 Å². The van der Waals surface area contributed by atoms with Crippen molar-refractivity contribution in [3.8, 4) is 11.5 Å². The molecule has 1 aliphatic heterocycles. The molecule has 0 fully saturated rings. The summed E-state index contributed by atoms with van der Waals surface area (Å²) < 4.78 is 10.7. The molecule has 2 aromatic carbocycles. The fraction of sp³-hybridized carbons (Fsp3) is 0.250. The van der Waals surface area contributed by atoms with Crippen LogP contribution in [-0.2, 0) is 0 Å². The summed E-state index contributed by atoms with van der Waals surface area (Å²) in [5, 5.41) is 10.3. The van der Waals surface area contributed by atoms with Gasteiger partial charge < -0.3 is 20.3 Å². The van der Waals surface area contributed by atoms with Gasteiger partial charge in [0.1, 0.15) is 0 Å². The first kappa shape index (κ1) is 13.0. The Morgan fingerprint density at radius 3 is 2.50 bits per heavy atom. The molecule has 0 amide bonds. The molecule has 0 radical (unpaired) electrons.